The molecule has 0 spiro atoms. The zero-order chi connectivity index (χ0) is 22.1. The maximum absolute atomic E-state index is 13.6. The number of aromatic nitrogens is 2. The first-order valence-electron chi connectivity index (χ1n) is 10.0. The van der Waals surface area contributed by atoms with Crippen molar-refractivity contribution >= 4 is 18.0 Å². The van der Waals surface area contributed by atoms with E-state index in [1.807, 2.05) is 30.3 Å². The quantitative estimate of drug-likeness (QED) is 0.447. The van der Waals surface area contributed by atoms with Crippen molar-refractivity contribution in [1.82, 2.24) is 9.78 Å². The minimum Gasteiger partial charge on any atom is -0.301 e. The number of aldehydes is 1. The van der Waals surface area contributed by atoms with Gasteiger partial charge in [0.2, 0.25) is 0 Å². The van der Waals surface area contributed by atoms with Gasteiger partial charge in [-0.2, -0.15) is 5.10 Å². The van der Waals surface area contributed by atoms with Gasteiger partial charge in [0.15, 0.2) is 6.04 Å². The molecule has 7 nitrogen and oxygen atoms in total. The van der Waals surface area contributed by atoms with Gasteiger partial charge in [-0.3, -0.25) is 9.69 Å². The van der Waals surface area contributed by atoms with E-state index in [1.54, 1.807) is 30.7 Å². The van der Waals surface area contributed by atoms with Crippen LogP contribution in [-0.4, -0.2) is 34.1 Å². The molecule has 0 saturated heterocycles. The summed E-state index contributed by atoms with van der Waals surface area (Å²) in [7, 11) is 0. The van der Waals surface area contributed by atoms with E-state index in [1.165, 1.54) is 17.0 Å². The Morgan fingerprint density at radius 2 is 1.84 bits per heavy atom. The van der Waals surface area contributed by atoms with Gasteiger partial charge in [0.05, 0.1) is 17.4 Å². The second-order valence-corrected chi connectivity index (χ2v) is 7.47. The first kappa shape index (κ1) is 20.6. The molecular weight excluding hydrogens is 399 g/mol. The summed E-state index contributed by atoms with van der Waals surface area (Å²) in [6.45, 7) is 3.57. The van der Waals surface area contributed by atoms with Gasteiger partial charge < -0.3 is 4.79 Å². The highest BCUT2D eigenvalue weighted by Crippen LogP contribution is 2.45. The number of fused-ring (bicyclic) bond motifs is 1. The number of nitroso groups, excluding NO2 is 1. The van der Waals surface area contributed by atoms with Crippen molar-refractivity contribution in [1.29, 1.82) is 0 Å². The molecule has 158 valence electrons. The highest BCUT2D eigenvalue weighted by molar-refractivity contribution is 6.04. The smallest absolute Gasteiger partial charge is 0.258 e. The highest BCUT2D eigenvalue weighted by Gasteiger charge is 2.48. The summed E-state index contributed by atoms with van der Waals surface area (Å²) in [5.74, 6) is -1.31. The van der Waals surface area contributed by atoms with Crippen LogP contribution in [0.1, 0.15) is 36.1 Å². The molecule has 1 amide bonds. The van der Waals surface area contributed by atoms with Crippen molar-refractivity contribution in [2.24, 2.45) is 5.18 Å². The largest absolute Gasteiger partial charge is 0.301 e. The number of para-hydroxylation sites is 1. The third-order valence-electron chi connectivity index (χ3n) is 5.68. The van der Waals surface area contributed by atoms with Gasteiger partial charge >= 0.3 is 0 Å². The molecule has 4 rings (SSSR count). The second kappa shape index (κ2) is 8.22. The molecule has 0 bridgehead atoms. The molecule has 2 aromatic carbocycles. The molecule has 0 radical (unpaired) electrons. The number of rotatable bonds is 6. The summed E-state index contributed by atoms with van der Waals surface area (Å²) >= 11 is 0. The van der Waals surface area contributed by atoms with E-state index < -0.39 is 29.7 Å². The van der Waals surface area contributed by atoms with Crippen LogP contribution in [-0.2, 0) is 9.59 Å². The third-order valence-corrected chi connectivity index (χ3v) is 5.68. The zero-order valence-electron chi connectivity index (χ0n) is 17.1. The first-order chi connectivity index (χ1) is 15.0. The van der Waals surface area contributed by atoms with Crippen LogP contribution in [0, 0.1) is 17.6 Å². The molecule has 1 aromatic heterocycles. The fraction of sp³-hybridized carbons (Fsp3) is 0.261. The molecule has 0 saturated carbocycles. The lowest BCUT2D eigenvalue weighted by Crippen LogP contribution is -2.52. The average Bonchev–Trinajstić information content (AvgIpc) is 3.13. The van der Waals surface area contributed by atoms with Crippen molar-refractivity contribution in [3.63, 3.8) is 0 Å². The Balaban J connectivity index is 2.03. The SMILES string of the molecule is CCC(C=O)N1C(=O)[C@@H](N=O)[C@@H](c2ccc(F)cc2)c2c(C)nn(-c3ccccc3)c21. The Kier molecular flexibility index (Phi) is 5.46. The Bertz CT molecular complexity index is 1130. The van der Waals surface area contributed by atoms with Crippen LogP contribution in [0.2, 0.25) is 0 Å². The molecule has 1 aliphatic heterocycles. The highest BCUT2D eigenvalue weighted by atomic mass is 19.1. The minimum absolute atomic E-state index is 0.362. The standard InChI is InChI=1S/C23H21FN4O3/c1-3-17(13-29)27-22-19(14(2)25-28(22)18-7-5-4-6-8-18)20(21(26-31)23(27)30)15-9-11-16(24)12-10-15/h4-13,17,20-21H,3H2,1-2H3/t17?,20-,21-/m0/s1. The van der Waals surface area contributed by atoms with Crippen molar-refractivity contribution < 1.29 is 14.0 Å². The molecule has 0 fully saturated rings. The lowest BCUT2D eigenvalue weighted by molar-refractivity contribution is -0.122. The number of amides is 1. The number of hydrogen-bond acceptors (Lipinski definition) is 5. The molecule has 0 aliphatic carbocycles. The summed E-state index contributed by atoms with van der Waals surface area (Å²) in [5.41, 5.74) is 2.51. The number of halogens is 1. The number of nitrogens with zero attached hydrogens (tertiary/aromatic N) is 4. The van der Waals surface area contributed by atoms with Crippen LogP contribution in [0.4, 0.5) is 10.2 Å². The van der Waals surface area contributed by atoms with Gasteiger partial charge in [-0.25, -0.2) is 9.07 Å². The number of benzene rings is 2. The van der Waals surface area contributed by atoms with Crippen molar-refractivity contribution in [2.45, 2.75) is 38.3 Å². The van der Waals surface area contributed by atoms with Crippen LogP contribution >= 0.6 is 0 Å². The van der Waals surface area contributed by atoms with E-state index >= 15 is 0 Å². The zero-order valence-corrected chi connectivity index (χ0v) is 17.1. The van der Waals surface area contributed by atoms with Crippen LogP contribution in [0.5, 0.6) is 0 Å². The number of hydrogen-bond donors (Lipinski definition) is 0. The fourth-order valence-electron chi connectivity index (χ4n) is 4.20. The number of aryl methyl sites for hydroxylation is 1. The van der Waals surface area contributed by atoms with Gasteiger partial charge in [-0.05, 0) is 43.2 Å². The van der Waals surface area contributed by atoms with E-state index in [0.29, 0.717) is 41.0 Å². The fourth-order valence-corrected chi connectivity index (χ4v) is 4.20. The van der Waals surface area contributed by atoms with Crippen LogP contribution < -0.4 is 4.90 Å². The van der Waals surface area contributed by atoms with Gasteiger partial charge in [0.25, 0.3) is 5.91 Å². The van der Waals surface area contributed by atoms with E-state index in [4.69, 9.17) is 0 Å². The Morgan fingerprint density at radius 1 is 1.16 bits per heavy atom. The van der Waals surface area contributed by atoms with Gasteiger partial charge in [0.1, 0.15) is 17.9 Å². The molecule has 3 atom stereocenters. The normalized spacial score (nSPS) is 19.1. The summed E-state index contributed by atoms with van der Waals surface area (Å²) in [6, 6.07) is 12.8. The summed E-state index contributed by atoms with van der Waals surface area (Å²) in [4.78, 5) is 38.5. The van der Waals surface area contributed by atoms with Gasteiger partial charge in [-0.1, -0.05) is 42.4 Å². The number of carbonyl (C=O) groups is 2. The number of carbonyl (C=O) groups excluding carboxylic acids is 2. The van der Waals surface area contributed by atoms with Gasteiger partial charge in [0, 0.05) is 11.5 Å². The van der Waals surface area contributed by atoms with Crippen molar-refractivity contribution in [2.75, 3.05) is 4.90 Å². The lowest BCUT2D eigenvalue weighted by atomic mass is 9.81. The van der Waals surface area contributed by atoms with Crippen molar-refractivity contribution in [3.8, 4) is 5.69 Å². The van der Waals surface area contributed by atoms with Crippen LogP contribution in [0.25, 0.3) is 5.69 Å². The monoisotopic (exact) mass is 420 g/mol. The Labute approximate surface area is 178 Å². The molecule has 1 aliphatic rings. The maximum Gasteiger partial charge on any atom is 0.258 e. The van der Waals surface area contributed by atoms with E-state index in [-0.39, 0.29) is 0 Å². The molecule has 1 unspecified atom stereocenters. The third kappa shape index (κ3) is 3.34. The summed E-state index contributed by atoms with van der Waals surface area (Å²) in [5, 5.41) is 7.79. The lowest BCUT2D eigenvalue weighted by Gasteiger charge is -2.38. The molecular formula is C23H21FN4O3. The number of anilines is 1. The molecule has 3 aromatic rings. The summed E-state index contributed by atoms with van der Waals surface area (Å²) < 4.78 is 15.2. The topological polar surface area (TPSA) is 84.6 Å². The first-order valence-corrected chi connectivity index (χ1v) is 10.0. The molecule has 0 N–H and O–H groups in total. The Hall–Kier alpha value is -3.68. The van der Waals surface area contributed by atoms with Crippen LogP contribution in [0.15, 0.2) is 59.8 Å². The van der Waals surface area contributed by atoms with E-state index in [2.05, 4.69) is 10.3 Å². The average molecular weight is 420 g/mol. The maximum atomic E-state index is 13.6. The molecule has 31 heavy (non-hydrogen) atoms. The van der Waals surface area contributed by atoms with Crippen LogP contribution in [0.3, 0.4) is 0 Å². The molecule has 8 heteroatoms. The summed E-state index contributed by atoms with van der Waals surface area (Å²) in [6.07, 6.45) is 1.06. The minimum atomic E-state index is -1.29. The molecule has 2 heterocycles. The second-order valence-electron chi connectivity index (χ2n) is 7.47. The Morgan fingerprint density at radius 3 is 2.42 bits per heavy atom. The van der Waals surface area contributed by atoms with E-state index in [9.17, 15) is 18.9 Å². The van der Waals surface area contributed by atoms with E-state index in [0.717, 1.165) is 0 Å². The van der Waals surface area contributed by atoms with Crippen molar-refractivity contribution in [3.05, 3.63) is 82.1 Å². The predicted octanol–water partition coefficient (Wildman–Crippen LogP) is 3.91. The predicted molar refractivity (Wildman–Crippen MR) is 114 cm³/mol. The van der Waals surface area contributed by atoms with Gasteiger partial charge in [-0.15, -0.1) is 4.91 Å².